The van der Waals surface area contributed by atoms with Crippen LogP contribution in [0.25, 0.3) is 0 Å². The van der Waals surface area contributed by atoms with Crippen molar-refractivity contribution in [2.75, 3.05) is 19.9 Å². The van der Waals surface area contributed by atoms with Crippen molar-refractivity contribution in [2.45, 2.75) is 20.8 Å². The van der Waals surface area contributed by atoms with Crippen LogP contribution in [0.5, 0.6) is 0 Å². The van der Waals surface area contributed by atoms with Crippen molar-refractivity contribution >= 4 is 5.91 Å². The Labute approximate surface area is 79.6 Å². The summed E-state index contributed by atoms with van der Waals surface area (Å²) in [5.74, 6) is -0.312. The van der Waals surface area contributed by atoms with Crippen LogP contribution in [0.15, 0.2) is 12.2 Å². The van der Waals surface area contributed by atoms with Crippen molar-refractivity contribution in [1.82, 2.24) is 5.32 Å². The highest BCUT2D eigenvalue weighted by atomic mass is 16.5. The lowest BCUT2D eigenvalue weighted by Gasteiger charge is -1.96. The van der Waals surface area contributed by atoms with E-state index in [0.29, 0.717) is 5.57 Å². The maximum absolute atomic E-state index is 10.4. The zero-order valence-electron chi connectivity index (χ0n) is 8.59. The smallest absolute Gasteiger partial charge is 0.248 e. The molecule has 4 nitrogen and oxygen atoms in total. The summed E-state index contributed by atoms with van der Waals surface area (Å²) < 4.78 is 4.83. The van der Waals surface area contributed by atoms with Crippen molar-refractivity contribution in [3.05, 3.63) is 12.2 Å². The minimum atomic E-state index is -0.328. The van der Waals surface area contributed by atoms with Crippen LogP contribution in [0.1, 0.15) is 20.8 Å². The molecule has 0 aromatic carbocycles. The highest BCUT2D eigenvalue weighted by Gasteiger charge is 1.95. The largest absolute Gasteiger partial charge is 0.382 e. The van der Waals surface area contributed by atoms with Crippen LogP contribution in [-0.2, 0) is 9.53 Å². The second-order valence-corrected chi connectivity index (χ2v) is 2.23. The van der Waals surface area contributed by atoms with Gasteiger partial charge in [0.1, 0.15) is 6.73 Å². The summed E-state index contributed by atoms with van der Waals surface area (Å²) in [6.07, 6.45) is 0. The van der Waals surface area contributed by atoms with Gasteiger partial charge in [0.25, 0.3) is 0 Å². The Morgan fingerprint density at radius 1 is 1.46 bits per heavy atom. The molecule has 0 heterocycles. The summed E-state index contributed by atoms with van der Waals surface area (Å²) in [4.78, 5) is 10.4. The van der Waals surface area contributed by atoms with Crippen molar-refractivity contribution in [1.29, 1.82) is 0 Å². The molecule has 0 aliphatic heterocycles. The van der Waals surface area contributed by atoms with E-state index in [9.17, 15) is 4.79 Å². The molecule has 13 heavy (non-hydrogen) atoms. The van der Waals surface area contributed by atoms with Crippen LogP contribution in [-0.4, -0.2) is 31.0 Å². The van der Waals surface area contributed by atoms with Gasteiger partial charge in [-0.15, -0.1) is 0 Å². The number of nitrogens with one attached hydrogen (secondary N) is 1. The second-order valence-electron chi connectivity index (χ2n) is 2.23. The number of aliphatic hydroxyl groups excluding tert-OH is 1. The summed E-state index contributed by atoms with van der Waals surface area (Å²) in [5.41, 5.74) is 0.402. The van der Waals surface area contributed by atoms with Crippen molar-refractivity contribution in [3.8, 4) is 0 Å². The molecule has 0 aromatic rings. The Balaban J connectivity index is 0. The predicted octanol–water partition coefficient (Wildman–Crippen LogP) is 0.671. The summed E-state index contributed by atoms with van der Waals surface area (Å²) >= 11 is 0. The maximum Gasteiger partial charge on any atom is 0.248 e. The standard InChI is InChI=1S/C5H9NO2.C4H10O/c1-4(2)5(8)6-3-7;1-3-5-4-2/h7H,1,3H2,2H3,(H,6,8);3-4H2,1-2H3. The van der Waals surface area contributed by atoms with Crippen LogP contribution < -0.4 is 5.32 Å². The molecule has 0 fully saturated rings. The molecular weight excluding hydrogens is 170 g/mol. The minimum absolute atomic E-state index is 0.312. The fourth-order valence-electron chi connectivity index (χ4n) is 0.427. The third kappa shape index (κ3) is 14.0. The van der Waals surface area contributed by atoms with Gasteiger partial charge >= 0.3 is 0 Å². The number of hydrogen-bond donors (Lipinski definition) is 2. The molecule has 0 bridgehead atoms. The Bertz CT molecular complexity index is 144. The molecule has 4 heteroatoms. The maximum atomic E-state index is 10.4. The molecular formula is C9H19NO3. The van der Waals surface area contributed by atoms with E-state index in [2.05, 4.69) is 11.9 Å². The first-order chi connectivity index (χ1) is 6.09. The number of rotatable bonds is 4. The molecule has 0 unspecified atom stereocenters. The van der Waals surface area contributed by atoms with Gasteiger partial charge < -0.3 is 15.2 Å². The molecule has 1 amide bonds. The third-order valence-corrected chi connectivity index (χ3v) is 1.04. The summed E-state index contributed by atoms with van der Waals surface area (Å²) in [6.45, 7) is 10.3. The van der Waals surface area contributed by atoms with Crippen LogP contribution in [0.2, 0.25) is 0 Å². The molecule has 0 aliphatic rings. The Hall–Kier alpha value is -0.870. The number of hydrogen-bond acceptors (Lipinski definition) is 3. The lowest BCUT2D eigenvalue weighted by atomic mass is 10.3. The number of amides is 1. The van der Waals surface area contributed by atoms with E-state index in [-0.39, 0.29) is 12.6 Å². The van der Waals surface area contributed by atoms with E-state index in [1.54, 1.807) is 6.92 Å². The van der Waals surface area contributed by atoms with E-state index in [1.165, 1.54) is 0 Å². The van der Waals surface area contributed by atoms with Gasteiger partial charge in [0.15, 0.2) is 0 Å². The first kappa shape index (κ1) is 14.6. The average molecular weight is 189 g/mol. The van der Waals surface area contributed by atoms with Crippen LogP contribution in [0.4, 0.5) is 0 Å². The summed E-state index contributed by atoms with van der Waals surface area (Å²) in [5, 5.41) is 10.3. The van der Waals surface area contributed by atoms with Gasteiger partial charge in [0, 0.05) is 18.8 Å². The molecule has 0 saturated carbocycles. The van der Waals surface area contributed by atoms with Crippen LogP contribution in [0, 0.1) is 0 Å². The Morgan fingerprint density at radius 3 is 2.00 bits per heavy atom. The summed E-state index contributed by atoms with van der Waals surface area (Å²) in [7, 11) is 0. The Kier molecular flexibility index (Phi) is 12.5. The fraction of sp³-hybridized carbons (Fsp3) is 0.667. The van der Waals surface area contributed by atoms with Gasteiger partial charge in [-0.1, -0.05) is 6.58 Å². The number of ether oxygens (including phenoxy) is 1. The van der Waals surface area contributed by atoms with Gasteiger partial charge in [-0.25, -0.2) is 0 Å². The van der Waals surface area contributed by atoms with Gasteiger partial charge in [-0.3, -0.25) is 4.79 Å². The van der Waals surface area contributed by atoms with Crippen molar-refractivity contribution < 1.29 is 14.6 Å². The van der Waals surface area contributed by atoms with E-state index < -0.39 is 0 Å². The fourth-order valence-corrected chi connectivity index (χ4v) is 0.427. The zero-order chi connectivity index (χ0) is 10.7. The molecule has 0 atom stereocenters. The molecule has 2 N–H and O–H groups in total. The topological polar surface area (TPSA) is 58.6 Å². The Morgan fingerprint density at radius 2 is 1.92 bits per heavy atom. The normalized spacial score (nSPS) is 8.31. The molecule has 78 valence electrons. The van der Waals surface area contributed by atoms with Gasteiger partial charge in [-0.2, -0.15) is 0 Å². The second kappa shape index (κ2) is 11.1. The van der Waals surface area contributed by atoms with E-state index in [1.807, 2.05) is 13.8 Å². The van der Waals surface area contributed by atoms with Crippen LogP contribution in [0.3, 0.4) is 0 Å². The molecule has 0 aliphatic carbocycles. The van der Waals surface area contributed by atoms with Gasteiger partial charge in [0.2, 0.25) is 5.91 Å². The highest BCUT2D eigenvalue weighted by Crippen LogP contribution is 1.82. The van der Waals surface area contributed by atoms with E-state index in [4.69, 9.17) is 9.84 Å². The SMILES string of the molecule is C=C(C)C(=O)NCO.CCOCC. The third-order valence-electron chi connectivity index (χ3n) is 1.04. The highest BCUT2D eigenvalue weighted by molar-refractivity contribution is 5.91. The number of aliphatic hydroxyl groups is 1. The molecule has 0 radical (unpaired) electrons. The molecule has 0 saturated heterocycles. The molecule has 0 aromatic heterocycles. The molecule has 0 spiro atoms. The lowest BCUT2D eigenvalue weighted by Crippen LogP contribution is -2.24. The quantitative estimate of drug-likeness (QED) is 0.505. The van der Waals surface area contributed by atoms with Crippen LogP contribution >= 0.6 is 0 Å². The number of carbonyl (C=O) groups is 1. The number of carbonyl (C=O) groups excluding carboxylic acids is 1. The van der Waals surface area contributed by atoms with Crippen molar-refractivity contribution in [2.24, 2.45) is 0 Å². The zero-order valence-corrected chi connectivity index (χ0v) is 8.59. The predicted molar refractivity (Wildman–Crippen MR) is 52.2 cm³/mol. The monoisotopic (exact) mass is 189 g/mol. The average Bonchev–Trinajstić information content (AvgIpc) is 2.07. The lowest BCUT2D eigenvalue weighted by molar-refractivity contribution is -0.118. The van der Waals surface area contributed by atoms with Gasteiger partial charge in [-0.05, 0) is 20.8 Å². The molecule has 0 rings (SSSR count). The minimum Gasteiger partial charge on any atom is -0.382 e. The van der Waals surface area contributed by atoms with Crippen molar-refractivity contribution in [3.63, 3.8) is 0 Å². The van der Waals surface area contributed by atoms with E-state index in [0.717, 1.165) is 13.2 Å². The van der Waals surface area contributed by atoms with Gasteiger partial charge in [0.05, 0.1) is 0 Å². The summed E-state index contributed by atoms with van der Waals surface area (Å²) in [6, 6.07) is 0. The van der Waals surface area contributed by atoms with E-state index >= 15 is 0 Å². The first-order valence-corrected chi connectivity index (χ1v) is 4.22. The first-order valence-electron chi connectivity index (χ1n) is 4.22.